The molecule has 3 aromatic carbocycles. The summed E-state index contributed by atoms with van der Waals surface area (Å²) in [4.78, 5) is 8.94. The van der Waals surface area contributed by atoms with E-state index in [4.69, 9.17) is 30.5 Å². The number of nitrogens with zero attached hydrogens (tertiary/aromatic N) is 2. The number of rotatable bonds is 6. The van der Waals surface area contributed by atoms with Crippen LogP contribution in [0.25, 0.3) is 10.9 Å². The van der Waals surface area contributed by atoms with Crippen LogP contribution in [0.4, 0.5) is 11.6 Å². The van der Waals surface area contributed by atoms with Gasteiger partial charge in [-0.05, 0) is 36.4 Å². The van der Waals surface area contributed by atoms with Gasteiger partial charge in [-0.1, -0.05) is 23.7 Å². The van der Waals surface area contributed by atoms with E-state index < -0.39 is 0 Å². The summed E-state index contributed by atoms with van der Waals surface area (Å²) >= 11 is 6.16. The molecule has 1 N–H and O–H groups in total. The zero-order valence-corrected chi connectivity index (χ0v) is 17.3. The van der Waals surface area contributed by atoms with Crippen molar-refractivity contribution in [2.45, 2.75) is 6.61 Å². The molecular formula is C23H18ClN3O4. The highest BCUT2D eigenvalue weighted by molar-refractivity contribution is 6.32. The smallest absolute Gasteiger partial charge is 0.231 e. The monoisotopic (exact) mass is 435 g/mol. The van der Waals surface area contributed by atoms with Crippen LogP contribution in [0.1, 0.15) is 5.56 Å². The van der Waals surface area contributed by atoms with Crippen molar-refractivity contribution in [1.82, 2.24) is 9.97 Å². The van der Waals surface area contributed by atoms with Gasteiger partial charge in [0.15, 0.2) is 11.5 Å². The Morgan fingerprint density at radius 2 is 1.87 bits per heavy atom. The van der Waals surface area contributed by atoms with Gasteiger partial charge in [0.1, 0.15) is 18.1 Å². The summed E-state index contributed by atoms with van der Waals surface area (Å²) in [6.45, 7) is 0.573. The van der Waals surface area contributed by atoms with Crippen molar-refractivity contribution in [3.63, 3.8) is 0 Å². The summed E-state index contributed by atoms with van der Waals surface area (Å²) in [6.07, 6.45) is 1.75. The van der Waals surface area contributed by atoms with Crippen molar-refractivity contribution in [3.8, 4) is 23.0 Å². The molecule has 156 valence electrons. The van der Waals surface area contributed by atoms with E-state index in [0.717, 1.165) is 27.9 Å². The van der Waals surface area contributed by atoms with Crippen LogP contribution in [0.2, 0.25) is 5.02 Å². The van der Waals surface area contributed by atoms with Crippen LogP contribution in [0, 0.1) is 0 Å². The minimum absolute atomic E-state index is 0.225. The van der Waals surface area contributed by atoms with Crippen molar-refractivity contribution in [3.05, 3.63) is 71.4 Å². The molecule has 0 bridgehead atoms. The lowest BCUT2D eigenvalue weighted by Gasteiger charge is -2.12. The standard InChI is InChI=1S/C23H18ClN3O4/c1-28-22-14(3-2-4-18(22)24)12-29-17-7-5-16(6-8-17)26-23-25-11-15-9-20-21(31-13-30-20)10-19(15)27-23/h2-11H,12-13H2,1H3,(H,25,26,27). The van der Waals surface area contributed by atoms with Crippen LogP contribution in [-0.2, 0) is 6.61 Å². The normalized spacial score (nSPS) is 12.1. The van der Waals surface area contributed by atoms with Crippen LogP contribution in [0.3, 0.4) is 0 Å². The van der Waals surface area contributed by atoms with Crippen molar-refractivity contribution in [2.24, 2.45) is 0 Å². The Kier molecular flexibility index (Phi) is 5.09. The van der Waals surface area contributed by atoms with Crippen LogP contribution >= 0.6 is 11.6 Å². The first-order valence-corrected chi connectivity index (χ1v) is 9.95. The Morgan fingerprint density at radius 3 is 2.68 bits per heavy atom. The van der Waals surface area contributed by atoms with Crippen LogP contribution in [0.5, 0.6) is 23.0 Å². The molecule has 31 heavy (non-hydrogen) atoms. The number of anilines is 2. The summed E-state index contributed by atoms with van der Waals surface area (Å²) in [6, 6.07) is 16.9. The minimum Gasteiger partial charge on any atom is -0.495 e. The Labute approximate surface area is 183 Å². The summed E-state index contributed by atoms with van der Waals surface area (Å²) < 4.78 is 22.0. The maximum atomic E-state index is 6.16. The molecule has 0 atom stereocenters. The van der Waals surface area contributed by atoms with Gasteiger partial charge in [-0.3, -0.25) is 0 Å². The number of hydrogen-bond donors (Lipinski definition) is 1. The molecule has 1 aliphatic heterocycles. The molecule has 4 aromatic rings. The van der Waals surface area contributed by atoms with Crippen molar-refractivity contribution < 1.29 is 18.9 Å². The number of ether oxygens (including phenoxy) is 4. The van der Waals surface area contributed by atoms with Gasteiger partial charge in [0, 0.05) is 28.9 Å². The van der Waals surface area contributed by atoms with Crippen LogP contribution in [0.15, 0.2) is 60.8 Å². The predicted molar refractivity (Wildman–Crippen MR) is 118 cm³/mol. The number of hydrogen-bond acceptors (Lipinski definition) is 7. The number of fused-ring (bicyclic) bond motifs is 2. The van der Waals surface area contributed by atoms with E-state index in [0.29, 0.717) is 34.8 Å². The second-order valence-electron chi connectivity index (χ2n) is 6.83. The van der Waals surface area contributed by atoms with Gasteiger partial charge < -0.3 is 24.3 Å². The molecular weight excluding hydrogens is 418 g/mol. The third-order valence-corrected chi connectivity index (χ3v) is 5.13. The van der Waals surface area contributed by atoms with E-state index in [1.54, 1.807) is 19.4 Å². The minimum atomic E-state index is 0.225. The highest BCUT2D eigenvalue weighted by Gasteiger charge is 2.15. The first kappa shape index (κ1) is 19.3. The lowest BCUT2D eigenvalue weighted by Crippen LogP contribution is -2.00. The Balaban J connectivity index is 1.27. The Morgan fingerprint density at radius 1 is 1.06 bits per heavy atom. The van der Waals surface area contributed by atoms with E-state index in [2.05, 4.69) is 15.3 Å². The van der Waals surface area contributed by atoms with Crippen molar-refractivity contribution >= 4 is 34.1 Å². The fourth-order valence-electron chi connectivity index (χ4n) is 3.30. The topological polar surface area (TPSA) is 74.7 Å². The largest absolute Gasteiger partial charge is 0.495 e. The maximum Gasteiger partial charge on any atom is 0.231 e. The average Bonchev–Trinajstić information content (AvgIpc) is 3.24. The molecule has 0 fully saturated rings. The quantitative estimate of drug-likeness (QED) is 0.438. The van der Waals surface area contributed by atoms with Crippen molar-refractivity contribution in [2.75, 3.05) is 19.2 Å². The molecule has 7 nitrogen and oxygen atoms in total. The summed E-state index contributed by atoms with van der Waals surface area (Å²) in [7, 11) is 1.59. The molecule has 1 aromatic heterocycles. The highest BCUT2D eigenvalue weighted by atomic mass is 35.5. The zero-order chi connectivity index (χ0) is 21.2. The molecule has 0 spiro atoms. The lowest BCUT2D eigenvalue weighted by atomic mass is 10.2. The number of para-hydroxylation sites is 1. The number of halogens is 1. The van der Waals surface area contributed by atoms with Gasteiger partial charge in [0.05, 0.1) is 17.6 Å². The Bertz CT molecular complexity index is 1250. The molecule has 0 saturated carbocycles. The second kappa shape index (κ2) is 8.20. The molecule has 0 saturated heterocycles. The third-order valence-electron chi connectivity index (χ3n) is 4.83. The molecule has 1 aliphatic rings. The van der Waals surface area contributed by atoms with E-state index in [1.807, 2.05) is 48.5 Å². The summed E-state index contributed by atoms with van der Waals surface area (Å²) in [5.41, 5.74) is 2.49. The maximum absolute atomic E-state index is 6.16. The van der Waals surface area contributed by atoms with E-state index >= 15 is 0 Å². The fourth-order valence-corrected chi connectivity index (χ4v) is 3.57. The number of methoxy groups -OCH3 is 1. The second-order valence-corrected chi connectivity index (χ2v) is 7.24. The van der Waals surface area contributed by atoms with E-state index in [1.165, 1.54) is 0 Å². The lowest BCUT2D eigenvalue weighted by molar-refractivity contribution is 0.174. The third kappa shape index (κ3) is 4.00. The zero-order valence-electron chi connectivity index (χ0n) is 16.6. The number of aromatic nitrogens is 2. The van der Waals surface area contributed by atoms with Gasteiger partial charge in [0.25, 0.3) is 0 Å². The first-order valence-electron chi connectivity index (χ1n) is 9.57. The molecule has 0 aliphatic carbocycles. The summed E-state index contributed by atoms with van der Waals surface area (Å²) in [5, 5.41) is 4.65. The molecule has 0 amide bonds. The van der Waals surface area contributed by atoms with E-state index in [9.17, 15) is 0 Å². The van der Waals surface area contributed by atoms with Crippen molar-refractivity contribution in [1.29, 1.82) is 0 Å². The van der Waals surface area contributed by atoms with Gasteiger partial charge >= 0.3 is 0 Å². The van der Waals surface area contributed by atoms with E-state index in [-0.39, 0.29) is 6.79 Å². The SMILES string of the molecule is COc1c(Cl)cccc1COc1ccc(Nc2ncc3cc4c(cc3n2)OCO4)cc1. The van der Waals surface area contributed by atoms with Crippen LogP contribution in [-0.4, -0.2) is 23.9 Å². The molecule has 8 heteroatoms. The number of nitrogens with one attached hydrogen (secondary N) is 1. The predicted octanol–water partition coefficient (Wildman–Crippen LogP) is 5.34. The molecule has 0 unspecified atom stereocenters. The van der Waals surface area contributed by atoms with Gasteiger partial charge in [-0.2, -0.15) is 0 Å². The highest BCUT2D eigenvalue weighted by Crippen LogP contribution is 2.35. The summed E-state index contributed by atoms with van der Waals surface area (Å²) in [5.74, 6) is 3.24. The van der Waals surface area contributed by atoms with Gasteiger partial charge in [-0.15, -0.1) is 0 Å². The van der Waals surface area contributed by atoms with Gasteiger partial charge in [0.2, 0.25) is 12.7 Å². The average molecular weight is 436 g/mol. The molecule has 5 rings (SSSR count). The fraction of sp³-hybridized carbons (Fsp3) is 0.130. The first-order chi connectivity index (χ1) is 15.2. The molecule has 2 heterocycles. The number of benzene rings is 3. The molecule has 0 radical (unpaired) electrons. The van der Waals surface area contributed by atoms with Gasteiger partial charge in [-0.25, -0.2) is 9.97 Å². The Hall–Kier alpha value is -3.71. The van der Waals surface area contributed by atoms with Crippen LogP contribution < -0.4 is 24.3 Å².